The molecule has 4 aliphatic rings. The van der Waals surface area contributed by atoms with E-state index in [1.807, 2.05) is 0 Å². The van der Waals surface area contributed by atoms with Crippen molar-refractivity contribution in [1.82, 2.24) is 10.2 Å². The summed E-state index contributed by atoms with van der Waals surface area (Å²) in [5, 5.41) is 48.7. The zero-order valence-corrected chi connectivity index (χ0v) is 24.4. The molecule has 0 unspecified atom stereocenters. The van der Waals surface area contributed by atoms with Crippen LogP contribution in [0.15, 0.2) is 23.0 Å². The number of hydrogen-bond acceptors (Lipinski definition) is 10. The fraction of sp³-hybridized carbons (Fsp3) is 0.581. The highest BCUT2D eigenvalue weighted by Crippen LogP contribution is 2.54. The van der Waals surface area contributed by atoms with Crippen molar-refractivity contribution >= 4 is 23.2 Å². The number of nitrogens with zero attached hydrogens (tertiary/aromatic N) is 1. The predicted molar refractivity (Wildman–Crippen MR) is 154 cm³/mol. The molecular formula is C31H41N3O8. The Kier molecular flexibility index (Phi) is 8.12. The molecule has 4 atom stereocenters. The summed E-state index contributed by atoms with van der Waals surface area (Å²) >= 11 is 0. The average Bonchev–Trinajstić information content (AvgIpc) is 3.19. The molecule has 0 aliphatic heterocycles. The van der Waals surface area contributed by atoms with Gasteiger partial charge in [0, 0.05) is 29.2 Å². The number of hydrogen-bond donors (Lipinski definition) is 6. The number of nitrogens with one attached hydrogen (secondary N) is 1. The molecule has 11 heteroatoms. The number of benzene rings is 1. The Labute approximate surface area is 245 Å². The van der Waals surface area contributed by atoms with E-state index in [1.165, 1.54) is 56.6 Å². The smallest absolute Gasteiger partial charge is 0.255 e. The Morgan fingerprint density at radius 1 is 1.14 bits per heavy atom. The average molecular weight is 584 g/mol. The number of nitrogens with two attached hydrogens (primary N) is 1. The molecule has 0 radical (unpaired) electrons. The maximum atomic E-state index is 14.0. The monoisotopic (exact) mass is 583 g/mol. The first-order valence-corrected chi connectivity index (χ1v) is 14.7. The van der Waals surface area contributed by atoms with Gasteiger partial charge in [0.15, 0.2) is 11.4 Å². The van der Waals surface area contributed by atoms with Crippen molar-refractivity contribution in [2.24, 2.45) is 23.5 Å². The quantitative estimate of drug-likeness (QED) is 0.205. The summed E-state index contributed by atoms with van der Waals surface area (Å²) in [5.74, 6) is -5.65. The molecule has 0 bridgehead atoms. The molecule has 42 heavy (non-hydrogen) atoms. The molecule has 11 nitrogen and oxygen atoms in total. The van der Waals surface area contributed by atoms with Crippen LogP contribution in [0.1, 0.15) is 61.6 Å². The number of phenolic OH excluding ortho intramolecular Hbond substituents is 1. The van der Waals surface area contributed by atoms with E-state index in [4.69, 9.17) is 10.5 Å². The van der Waals surface area contributed by atoms with Crippen molar-refractivity contribution in [3.8, 4) is 11.5 Å². The summed E-state index contributed by atoms with van der Waals surface area (Å²) in [7, 11) is 4.66. The van der Waals surface area contributed by atoms with Crippen LogP contribution in [-0.2, 0) is 27.3 Å². The topological polar surface area (TPSA) is 183 Å². The molecule has 2 fully saturated rings. The highest BCUT2D eigenvalue weighted by Gasteiger charge is 2.64. The van der Waals surface area contributed by atoms with Crippen molar-refractivity contribution < 1.29 is 39.5 Å². The summed E-state index contributed by atoms with van der Waals surface area (Å²) < 4.78 is 5.80. The van der Waals surface area contributed by atoms with Crippen LogP contribution in [0.25, 0.3) is 5.76 Å². The molecule has 2 saturated carbocycles. The van der Waals surface area contributed by atoms with E-state index in [0.717, 1.165) is 6.54 Å². The van der Waals surface area contributed by atoms with Gasteiger partial charge in [0.1, 0.15) is 28.6 Å². The number of methoxy groups -OCH3 is 1. The predicted octanol–water partition coefficient (Wildman–Crippen LogP) is 2.03. The van der Waals surface area contributed by atoms with E-state index in [1.54, 1.807) is 14.1 Å². The van der Waals surface area contributed by atoms with Gasteiger partial charge in [-0.15, -0.1) is 0 Å². The maximum Gasteiger partial charge on any atom is 0.255 e. The molecule has 1 aromatic rings. The second kappa shape index (κ2) is 11.3. The van der Waals surface area contributed by atoms with Crippen molar-refractivity contribution in [3.63, 3.8) is 0 Å². The Bertz CT molecular complexity index is 1370. The van der Waals surface area contributed by atoms with E-state index >= 15 is 0 Å². The van der Waals surface area contributed by atoms with Gasteiger partial charge in [-0.2, -0.15) is 0 Å². The molecule has 1 amide bonds. The van der Waals surface area contributed by atoms with E-state index in [0.29, 0.717) is 29.3 Å². The van der Waals surface area contributed by atoms with Crippen LogP contribution in [0.5, 0.6) is 11.5 Å². The van der Waals surface area contributed by atoms with Gasteiger partial charge in [-0.05, 0) is 64.2 Å². The number of phenols is 1. The van der Waals surface area contributed by atoms with Gasteiger partial charge in [-0.25, -0.2) is 0 Å². The van der Waals surface area contributed by atoms with Crippen molar-refractivity contribution in [2.45, 2.75) is 69.6 Å². The summed E-state index contributed by atoms with van der Waals surface area (Å²) in [4.78, 5) is 40.9. The van der Waals surface area contributed by atoms with E-state index in [-0.39, 0.29) is 29.7 Å². The molecule has 5 rings (SSSR count). The third-order valence-electron chi connectivity index (χ3n) is 9.68. The first-order valence-electron chi connectivity index (χ1n) is 14.7. The van der Waals surface area contributed by atoms with Crippen LogP contribution in [0, 0.1) is 17.8 Å². The Morgan fingerprint density at radius 3 is 2.40 bits per heavy atom. The number of rotatable bonds is 7. The number of aliphatic hydroxyl groups excluding tert-OH is 2. The van der Waals surface area contributed by atoms with Gasteiger partial charge in [0.25, 0.3) is 5.91 Å². The highest BCUT2D eigenvalue weighted by molar-refractivity contribution is 6.24. The number of likely N-dealkylation sites (N-methyl/N-ethyl adjacent to an activating group) is 1. The Hall–Kier alpha value is -3.41. The third kappa shape index (κ3) is 4.67. The van der Waals surface area contributed by atoms with Crippen LogP contribution in [0.2, 0.25) is 0 Å². The molecule has 7 N–H and O–H groups in total. The fourth-order valence-electron chi connectivity index (χ4n) is 7.72. The zero-order chi connectivity index (χ0) is 30.5. The van der Waals surface area contributed by atoms with Gasteiger partial charge in [-0.3, -0.25) is 19.3 Å². The largest absolute Gasteiger partial charge is 0.508 e. The summed E-state index contributed by atoms with van der Waals surface area (Å²) in [6, 6.07) is 0.376. The third-order valence-corrected chi connectivity index (χ3v) is 9.68. The molecule has 0 heterocycles. The van der Waals surface area contributed by atoms with Gasteiger partial charge >= 0.3 is 0 Å². The number of ether oxygens (including phenoxy) is 1. The Balaban J connectivity index is 1.54. The van der Waals surface area contributed by atoms with Crippen molar-refractivity contribution in [3.05, 3.63) is 39.7 Å². The van der Waals surface area contributed by atoms with Gasteiger partial charge in [-0.1, -0.05) is 25.7 Å². The minimum absolute atomic E-state index is 0.0238. The molecular weight excluding hydrogens is 542 g/mol. The van der Waals surface area contributed by atoms with Gasteiger partial charge in [0.2, 0.25) is 5.78 Å². The molecule has 1 aromatic carbocycles. The standard InChI is InChI=1S/C31H41N3O8/c1-34(2)24-19-11-16-10-18-22(25(36)21(16)28(38)31(19,41)29(39)23(26(24)37)30(32)40)20(35)12-17(27(18)42-3)14-33-13-15-8-6-4-5-7-9-15/h12,15-16,19,24,33,35-36,39,41H,4-11,13-14H2,1-3H3,(H2,32,40)/t16-,19-,24-,31-/m0/s1. The van der Waals surface area contributed by atoms with Crippen LogP contribution in [0.4, 0.5) is 0 Å². The first kappa shape index (κ1) is 30.1. The van der Waals surface area contributed by atoms with Gasteiger partial charge < -0.3 is 36.2 Å². The molecule has 228 valence electrons. The molecule has 0 saturated heterocycles. The summed E-state index contributed by atoms with van der Waals surface area (Å²) in [6.45, 7) is 1.29. The normalized spacial score (nSPS) is 28.4. The fourth-order valence-corrected chi connectivity index (χ4v) is 7.72. The summed E-state index contributed by atoms with van der Waals surface area (Å²) in [6.07, 6.45) is 7.60. The number of fused-ring (bicyclic) bond motifs is 3. The molecule has 4 aliphatic carbocycles. The van der Waals surface area contributed by atoms with Crippen LogP contribution >= 0.6 is 0 Å². The Morgan fingerprint density at radius 2 is 1.81 bits per heavy atom. The zero-order valence-electron chi connectivity index (χ0n) is 24.4. The number of ketones is 2. The molecule has 0 aromatic heterocycles. The number of carbonyl (C=O) groups excluding carboxylic acids is 3. The number of carbonyl (C=O) groups is 3. The highest BCUT2D eigenvalue weighted by atomic mass is 16.5. The lowest BCUT2D eigenvalue weighted by Gasteiger charge is -2.50. The molecule has 0 spiro atoms. The number of aliphatic hydroxyl groups is 3. The number of aromatic hydroxyl groups is 1. The minimum Gasteiger partial charge on any atom is -0.508 e. The summed E-state index contributed by atoms with van der Waals surface area (Å²) in [5.41, 5.74) is 2.96. The SMILES string of the molecule is COc1c(CNCC2CCCCCC2)cc(O)c2c1C[C@H]1C[C@H]3[C@H](N(C)C)C(=O)C(C(N)=O)=C(O)[C@@]3(O)C(=O)C1=C2O. The van der Waals surface area contributed by atoms with Crippen LogP contribution in [0.3, 0.4) is 0 Å². The van der Waals surface area contributed by atoms with Crippen LogP contribution < -0.4 is 15.8 Å². The first-order chi connectivity index (χ1) is 19.9. The minimum atomic E-state index is -2.66. The lowest BCUT2D eigenvalue weighted by Crippen LogP contribution is -2.65. The lowest BCUT2D eigenvalue weighted by molar-refractivity contribution is -0.153. The second-order valence-electron chi connectivity index (χ2n) is 12.4. The maximum absolute atomic E-state index is 14.0. The van der Waals surface area contributed by atoms with Crippen LogP contribution in [-0.4, -0.2) is 82.2 Å². The van der Waals surface area contributed by atoms with Gasteiger partial charge in [0.05, 0.1) is 18.7 Å². The van der Waals surface area contributed by atoms with Crippen molar-refractivity contribution in [1.29, 1.82) is 0 Å². The number of primary amides is 1. The second-order valence-corrected chi connectivity index (χ2v) is 12.4. The van der Waals surface area contributed by atoms with Crippen molar-refractivity contribution in [2.75, 3.05) is 27.7 Å². The lowest BCUT2D eigenvalue weighted by atomic mass is 9.57. The van der Waals surface area contributed by atoms with E-state index in [2.05, 4.69) is 5.32 Å². The van der Waals surface area contributed by atoms with E-state index in [9.17, 15) is 34.8 Å². The van der Waals surface area contributed by atoms with E-state index < -0.39 is 58.0 Å². The number of amides is 1. The number of Topliss-reactive ketones (excluding diaryl/α,β-unsaturated/α-hetero) is 2.